The van der Waals surface area contributed by atoms with Crippen LogP contribution in [0.3, 0.4) is 0 Å². The molecule has 3 heteroatoms. The predicted octanol–water partition coefficient (Wildman–Crippen LogP) is 2.80. The number of benzene rings is 1. The van der Waals surface area contributed by atoms with Crippen molar-refractivity contribution in [1.82, 2.24) is 0 Å². The molecule has 1 unspecified atom stereocenters. The van der Waals surface area contributed by atoms with Crippen molar-refractivity contribution in [3.05, 3.63) is 24.3 Å². The fraction of sp³-hybridized carbons (Fsp3) is 0.417. The third kappa shape index (κ3) is 3.51. The first-order valence-electron chi connectivity index (χ1n) is 5.10. The average Bonchev–Trinajstić information content (AvgIpc) is 2.29. The van der Waals surface area contributed by atoms with E-state index in [4.69, 9.17) is 10.00 Å². The van der Waals surface area contributed by atoms with Gasteiger partial charge in [-0.1, -0.05) is 19.4 Å². The molecule has 0 amide bonds. The van der Waals surface area contributed by atoms with E-state index in [1.165, 1.54) is 0 Å². The predicted molar refractivity (Wildman–Crippen MR) is 60.9 cm³/mol. The fourth-order valence-electron chi connectivity index (χ4n) is 1.37. The zero-order valence-electron chi connectivity index (χ0n) is 9.16. The van der Waals surface area contributed by atoms with Crippen molar-refractivity contribution < 1.29 is 4.74 Å². The van der Waals surface area contributed by atoms with E-state index in [-0.39, 0.29) is 6.04 Å². The minimum atomic E-state index is -0.123. The summed E-state index contributed by atoms with van der Waals surface area (Å²) < 4.78 is 5.11. The molecule has 1 N–H and O–H groups in total. The molecule has 15 heavy (non-hydrogen) atoms. The Hall–Kier alpha value is -1.69. The third-order valence-electron chi connectivity index (χ3n) is 2.14. The van der Waals surface area contributed by atoms with E-state index < -0.39 is 0 Å². The molecular weight excluding hydrogens is 188 g/mol. The quantitative estimate of drug-likeness (QED) is 0.802. The van der Waals surface area contributed by atoms with Crippen LogP contribution in [0.5, 0.6) is 5.75 Å². The summed E-state index contributed by atoms with van der Waals surface area (Å²) in [5.41, 5.74) is 0.925. The van der Waals surface area contributed by atoms with Gasteiger partial charge in [-0.25, -0.2) is 0 Å². The number of anilines is 1. The van der Waals surface area contributed by atoms with E-state index >= 15 is 0 Å². The van der Waals surface area contributed by atoms with Crippen LogP contribution in [-0.4, -0.2) is 13.2 Å². The lowest BCUT2D eigenvalue weighted by atomic mass is 10.2. The second-order valence-electron chi connectivity index (χ2n) is 3.35. The van der Waals surface area contributed by atoms with Crippen LogP contribution < -0.4 is 10.1 Å². The summed E-state index contributed by atoms with van der Waals surface area (Å²) in [4.78, 5) is 0. The second kappa shape index (κ2) is 5.92. The van der Waals surface area contributed by atoms with Gasteiger partial charge in [-0.2, -0.15) is 5.26 Å². The molecule has 0 aromatic heterocycles. The first-order chi connectivity index (χ1) is 7.30. The summed E-state index contributed by atoms with van der Waals surface area (Å²) in [5.74, 6) is 0.799. The Morgan fingerprint density at radius 3 is 2.93 bits per heavy atom. The van der Waals surface area contributed by atoms with Gasteiger partial charge >= 0.3 is 0 Å². The van der Waals surface area contributed by atoms with E-state index in [0.717, 1.165) is 24.3 Å². The van der Waals surface area contributed by atoms with E-state index in [1.807, 2.05) is 24.3 Å². The molecule has 1 aromatic rings. The first kappa shape index (κ1) is 11.4. The topological polar surface area (TPSA) is 45.0 Å². The van der Waals surface area contributed by atoms with Crippen LogP contribution in [0.4, 0.5) is 5.69 Å². The Labute approximate surface area is 90.7 Å². The molecule has 0 aliphatic rings. The number of methoxy groups -OCH3 is 1. The molecule has 0 spiro atoms. The maximum absolute atomic E-state index is 8.90. The third-order valence-corrected chi connectivity index (χ3v) is 2.14. The molecule has 0 saturated heterocycles. The van der Waals surface area contributed by atoms with Gasteiger partial charge in [0.1, 0.15) is 11.8 Å². The number of ether oxygens (including phenoxy) is 1. The maximum Gasteiger partial charge on any atom is 0.120 e. The fourth-order valence-corrected chi connectivity index (χ4v) is 1.37. The Kier molecular flexibility index (Phi) is 4.49. The van der Waals surface area contributed by atoms with Gasteiger partial charge in [0.05, 0.1) is 13.2 Å². The molecule has 0 radical (unpaired) electrons. The summed E-state index contributed by atoms with van der Waals surface area (Å²) >= 11 is 0. The minimum Gasteiger partial charge on any atom is -0.497 e. The number of hydrogen-bond donors (Lipinski definition) is 1. The van der Waals surface area contributed by atoms with Gasteiger partial charge in [0.15, 0.2) is 0 Å². The van der Waals surface area contributed by atoms with Gasteiger partial charge in [0.2, 0.25) is 0 Å². The molecule has 0 aliphatic heterocycles. The van der Waals surface area contributed by atoms with Crippen molar-refractivity contribution in [3.8, 4) is 11.8 Å². The zero-order valence-corrected chi connectivity index (χ0v) is 9.16. The van der Waals surface area contributed by atoms with Crippen molar-refractivity contribution in [1.29, 1.82) is 5.26 Å². The number of rotatable bonds is 5. The largest absolute Gasteiger partial charge is 0.497 e. The van der Waals surface area contributed by atoms with Crippen LogP contribution in [-0.2, 0) is 0 Å². The summed E-state index contributed by atoms with van der Waals surface area (Å²) in [5, 5.41) is 12.1. The lowest BCUT2D eigenvalue weighted by Gasteiger charge is -2.12. The zero-order chi connectivity index (χ0) is 11.1. The molecular formula is C12H16N2O. The number of nitrogens with one attached hydrogen (secondary N) is 1. The SMILES string of the molecule is CCCC(C#N)Nc1cccc(OC)c1. The van der Waals surface area contributed by atoms with Crippen molar-refractivity contribution in [2.24, 2.45) is 0 Å². The van der Waals surface area contributed by atoms with Crippen LogP contribution in [0.2, 0.25) is 0 Å². The monoisotopic (exact) mass is 204 g/mol. The van der Waals surface area contributed by atoms with Gasteiger partial charge in [-0.3, -0.25) is 0 Å². The minimum absolute atomic E-state index is 0.123. The van der Waals surface area contributed by atoms with Gasteiger partial charge in [-0.15, -0.1) is 0 Å². The van der Waals surface area contributed by atoms with Crippen molar-refractivity contribution in [3.63, 3.8) is 0 Å². The molecule has 1 aromatic carbocycles. The Bertz CT molecular complexity index is 344. The van der Waals surface area contributed by atoms with E-state index in [0.29, 0.717) is 0 Å². The molecule has 0 aliphatic carbocycles. The molecule has 0 saturated carbocycles. The van der Waals surface area contributed by atoms with Crippen LogP contribution in [0.25, 0.3) is 0 Å². The van der Waals surface area contributed by atoms with E-state index in [1.54, 1.807) is 7.11 Å². The highest BCUT2D eigenvalue weighted by Gasteiger charge is 2.05. The smallest absolute Gasteiger partial charge is 0.120 e. The summed E-state index contributed by atoms with van der Waals surface area (Å²) in [6, 6.07) is 9.72. The standard InChI is InChI=1S/C12H16N2O/c1-3-5-11(9-13)14-10-6-4-7-12(8-10)15-2/h4,6-8,11,14H,3,5H2,1-2H3. The highest BCUT2D eigenvalue weighted by Crippen LogP contribution is 2.18. The molecule has 0 heterocycles. The van der Waals surface area contributed by atoms with E-state index in [9.17, 15) is 0 Å². The molecule has 1 atom stereocenters. The summed E-state index contributed by atoms with van der Waals surface area (Å²) in [7, 11) is 1.63. The van der Waals surface area contributed by atoms with Crippen LogP contribution >= 0.6 is 0 Å². The molecule has 3 nitrogen and oxygen atoms in total. The Morgan fingerprint density at radius 2 is 2.33 bits per heavy atom. The first-order valence-corrected chi connectivity index (χ1v) is 5.10. The highest BCUT2D eigenvalue weighted by atomic mass is 16.5. The van der Waals surface area contributed by atoms with Gasteiger partial charge in [-0.05, 0) is 18.6 Å². The van der Waals surface area contributed by atoms with Gasteiger partial charge < -0.3 is 10.1 Å². The van der Waals surface area contributed by atoms with Gasteiger partial charge in [0, 0.05) is 11.8 Å². The van der Waals surface area contributed by atoms with Crippen LogP contribution in [0.15, 0.2) is 24.3 Å². The molecule has 1 rings (SSSR count). The molecule has 0 fully saturated rings. The molecule has 80 valence electrons. The molecule has 0 bridgehead atoms. The van der Waals surface area contributed by atoms with Gasteiger partial charge in [0.25, 0.3) is 0 Å². The van der Waals surface area contributed by atoms with E-state index in [2.05, 4.69) is 18.3 Å². The van der Waals surface area contributed by atoms with Crippen LogP contribution in [0.1, 0.15) is 19.8 Å². The van der Waals surface area contributed by atoms with Crippen molar-refractivity contribution in [2.75, 3.05) is 12.4 Å². The van der Waals surface area contributed by atoms with Crippen molar-refractivity contribution >= 4 is 5.69 Å². The number of nitrogens with zero attached hydrogens (tertiary/aromatic N) is 1. The summed E-state index contributed by atoms with van der Waals surface area (Å²) in [6.45, 7) is 2.07. The van der Waals surface area contributed by atoms with Crippen LogP contribution in [0, 0.1) is 11.3 Å². The second-order valence-corrected chi connectivity index (χ2v) is 3.35. The normalized spacial score (nSPS) is 11.5. The highest BCUT2D eigenvalue weighted by molar-refractivity contribution is 5.49. The number of nitriles is 1. The Balaban J connectivity index is 2.66. The lowest BCUT2D eigenvalue weighted by Crippen LogP contribution is -2.16. The Morgan fingerprint density at radius 1 is 1.53 bits per heavy atom. The maximum atomic E-state index is 8.90. The lowest BCUT2D eigenvalue weighted by molar-refractivity contribution is 0.415. The number of hydrogen-bond acceptors (Lipinski definition) is 3. The average molecular weight is 204 g/mol. The summed E-state index contributed by atoms with van der Waals surface area (Å²) in [6.07, 6.45) is 1.85. The van der Waals surface area contributed by atoms with Crippen molar-refractivity contribution in [2.45, 2.75) is 25.8 Å².